The van der Waals surface area contributed by atoms with Gasteiger partial charge in [-0.1, -0.05) is 18.2 Å². The van der Waals surface area contributed by atoms with Gasteiger partial charge in [0.15, 0.2) is 11.5 Å². The Bertz CT molecular complexity index is 710. The molecule has 1 aromatic carbocycles. The molecular formula is C18H19NO4S. The minimum Gasteiger partial charge on any atom is -0.485 e. The van der Waals surface area contributed by atoms with E-state index in [2.05, 4.69) is 11.4 Å². The van der Waals surface area contributed by atoms with Crippen molar-refractivity contribution in [3.8, 4) is 11.5 Å². The minimum atomic E-state index is -0.639. The summed E-state index contributed by atoms with van der Waals surface area (Å²) < 4.78 is 17.0. The zero-order valence-electron chi connectivity index (χ0n) is 13.2. The molecule has 1 N–H and O–H groups in total. The summed E-state index contributed by atoms with van der Waals surface area (Å²) in [5.41, 5.74) is -0.371. The summed E-state index contributed by atoms with van der Waals surface area (Å²) in [5, 5.41) is 5.26. The van der Waals surface area contributed by atoms with Gasteiger partial charge >= 0.3 is 0 Å². The molecule has 0 saturated carbocycles. The fourth-order valence-corrected chi connectivity index (χ4v) is 4.11. The molecule has 2 aromatic rings. The predicted octanol–water partition coefficient (Wildman–Crippen LogP) is 2.71. The smallest absolute Gasteiger partial charge is 0.265 e. The number of carbonyl (C=O) groups is 1. The lowest BCUT2D eigenvalue weighted by Crippen LogP contribution is -2.54. The number of carbonyl (C=O) groups excluding carboxylic acids is 1. The van der Waals surface area contributed by atoms with Crippen molar-refractivity contribution in [3.63, 3.8) is 0 Å². The average Bonchev–Trinajstić information content (AvgIpc) is 3.17. The van der Waals surface area contributed by atoms with Crippen molar-refractivity contribution in [2.75, 3.05) is 19.8 Å². The van der Waals surface area contributed by atoms with Crippen LogP contribution in [0.25, 0.3) is 0 Å². The van der Waals surface area contributed by atoms with Crippen molar-refractivity contribution in [1.29, 1.82) is 0 Å². The molecule has 1 aromatic heterocycles. The van der Waals surface area contributed by atoms with Crippen LogP contribution >= 0.6 is 11.3 Å². The second-order valence-electron chi connectivity index (χ2n) is 6.03. The lowest BCUT2D eigenvalue weighted by atomic mass is 9.88. The van der Waals surface area contributed by atoms with E-state index in [1.165, 1.54) is 0 Å². The van der Waals surface area contributed by atoms with Crippen LogP contribution in [0.4, 0.5) is 0 Å². The van der Waals surface area contributed by atoms with Crippen LogP contribution in [-0.2, 0) is 15.1 Å². The number of benzene rings is 1. The fourth-order valence-electron chi connectivity index (χ4n) is 3.17. The maximum absolute atomic E-state index is 12.8. The third kappa shape index (κ3) is 2.87. The molecule has 0 spiro atoms. The van der Waals surface area contributed by atoms with E-state index in [1.54, 1.807) is 11.3 Å². The maximum Gasteiger partial charge on any atom is 0.265 e. The number of amides is 1. The summed E-state index contributed by atoms with van der Waals surface area (Å²) in [6.07, 6.45) is 0.895. The summed E-state index contributed by atoms with van der Waals surface area (Å²) in [5.74, 6) is 1.15. The van der Waals surface area contributed by atoms with Crippen molar-refractivity contribution in [2.45, 2.75) is 24.5 Å². The van der Waals surface area contributed by atoms with Gasteiger partial charge in [-0.25, -0.2) is 0 Å². The fraction of sp³-hybridized carbons (Fsp3) is 0.389. The van der Waals surface area contributed by atoms with Crippen molar-refractivity contribution in [3.05, 3.63) is 46.7 Å². The molecule has 1 atom stereocenters. The first-order valence-corrected chi connectivity index (χ1v) is 8.97. The first-order valence-electron chi connectivity index (χ1n) is 8.09. The van der Waals surface area contributed by atoms with E-state index < -0.39 is 6.10 Å². The normalized spacial score (nSPS) is 21.9. The second-order valence-corrected chi connectivity index (χ2v) is 6.97. The number of nitrogens with one attached hydrogen (secondary N) is 1. The van der Waals surface area contributed by atoms with Crippen LogP contribution in [0.5, 0.6) is 11.5 Å². The molecule has 126 valence electrons. The number of fused-ring (bicyclic) bond motifs is 1. The standard InChI is InChI=1S/C18H19NO4S/c20-17(15-12-22-13-4-1-2-5-14(13)23-15)19-18(7-9-21-10-8-18)16-6-3-11-24-16/h1-6,11,15H,7-10,12H2,(H,19,20). The molecule has 4 rings (SSSR count). The average molecular weight is 345 g/mol. The molecule has 1 saturated heterocycles. The Balaban J connectivity index is 1.52. The maximum atomic E-state index is 12.8. The molecule has 0 aliphatic carbocycles. The van der Waals surface area contributed by atoms with Crippen molar-refractivity contribution in [1.82, 2.24) is 5.32 Å². The number of hydrogen-bond donors (Lipinski definition) is 1. The van der Waals surface area contributed by atoms with Gasteiger partial charge in [-0.2, -0.15) is 0 Å². The van der Waals surface area contributed by atoms with Gasteiger partial charge in [0.05, 0.1) is 5.54 Å². The lowest BCUT2D eigenvalue weighted by molar-refractivity contribution is -0.133. The van der Waals surface area contributed by atoms with E-state index in [1.807, 2.05) is 35.7 Å². The van der Waals surface area contributed by atoms with Gasteiger partial charge in [-0.05, 0) is 36.4 Å². The van der Waals surface area contributed by atoms with E-state index in [9.17, 15) is 4.79 Å². The highest BCUT2D eigenvalue weighted by Gasteiger charge is 2.39. The van der Waals surface area contributed by atoms with Crippen LogP contribution in [-0.4, -0.2) is 31.8 Å². The number of hydrogen-bond acceptors (Lipinski definition) is 5. The molecule has 6 heteroatoms. The Morgan fingerprint density at radius 3 is 2.67 bits per heavy atom. The van der Waals surface area contributed by atoms with Gasteiger partial charge in [-0.15, -0.1) is 11.3 Å². The van der Waals surface area contributed by atoms with E-state index in [4.69, 9.17) is 14.2 Å². The Morgan fingerprint density at radius 1 is 1.12 bits per heavy atom. The predicted molar refractivity (Wildman–Crippen MR) is 90.5 cm³/mol. The van der Waals surface area contributed by atoms with Crippen molar-refractivity contribution >= 4 is 17.2 Å². The molecular weight excluding hydrogens is 326 g/mol. The Labute approximate surface area is 144 Å². The third-order valence-electron chi connectivity index (χ3n) is 4.50. The molecule has 0 bridgehead atoms. The van der Waals surface area contributed by atoms with Gasteiger partial charge < -0.3 is 19.5 Å². The summed E-state index contributed by atoms with van der Waals surface area (Å²) in [6.45, 7) is 1.51. The topological polar surface area (TPSA) is 56.8 Å². The van der Waals surface area contributed by atoms with Crippen molar-refractivity contribution < 1.29 is 19.0 Å². The molecule has 2 aliphatic rings. The van der Waals surface area contributed by atoms with Crippen LogP contribution in [0.3, 0.4) is 0 Å². The SMILES string of the molecule is O=C(NC1(c2cccs2)CCOCC1)C1COc2ccccc2O1. The van der Waals surface area contributed by atoms with Crippen LogP contribution in [0.2, 0.25) is 0 Å². The van der Waals surface area contributed by atoms with Gasteiger partial charge in [0.2, 0.25) is 6.10 Å². The lowest BCUT2D eigenvalue weighted by Gasteiger charge is -2.38. The van der Waals surface area contributed by atoms with Gasteiger partial charge in [-0.3, -0.25) is 4.79 Å². The largest absolute Gasteiger partial charge is 0.485 e. The van der Waals surface area contributed by atoms with Crippen LogP contribution in [0.1, 0.15) is 17.7 Å². The monoisotopic (exact) mass is 345 g/mol. The highest BCUT2D eigenvalue weighted by atomic mass is 32.1. The minimum absolute atomic E-state index is 0.139. The molecule has 1 amide bonds. The number of thiophene rings is 1. The van der Waals surface area contributed by atoms with E-state index in [-0.39, 0.29) is 18.1 Å². The van der Waals surface area contributed by atoms with Crippen molar-refractivity contribution in [2.24, 2.45) is 0 Å². The van der Waals surface area contributed by atoms with E-state index in [0.29, 0.717) is 24.7 Å². The number of rotatable bonds is 3. The van der Waals surface area contributed by atoms with Crippen LogP contribution in [0.15, 0.2) is 41.8 Å². The van der Waals surface area contributed by atoms with Gasteiger partial charge in [0.1, 0.15) is 6.61 Å². The molecule has 24 heavy (non-hydrogen) atoms. The molecule has 5 nitrogen and oxygen atoms in total. The first-order chi connectivity index (χ1) is 11.8. The molecule has 1 fully saturated rings. The Hall–Kier alpha value is -2.05. The quantitative estimate of drug-likeness (QED) is 0.929. The second kappa shape index (κ2) is 6.45. The number of para-hydroxylation sites is 2. The van der Waals surface area contributed by atoms with Crippen LogP contribution in [0, 0.1) is 0 Å². The zero-order chi connectivity index (χ0) is 16.4. The Morgan fingerprint density at radius 2 is 1.92 bits per heavy atom. The van der Waals surface area contributed by atoms with E-state index >= 15 is 0 Å². The zero-order valence-corrected chi connectivity index (χ0v) is 14.0. The third-order valence-corrected chi connectivity index (χ3v) is 5.58. The van der Waals surface area contributed by atoms with Crippen LogP contribution < -0.4 is 14.8 Å². The highest BCUT2D eigenvalue weighted by molar-refractivity contribution is 7.10. The highest BCUT2D eigenvalue weighted by Crippen LogP contribution is 2.36. The van der Waals surface area contributed by atoms with E-state index in [0.717, 1.165) is 17.7 Å². The number of ether oxygens (including phenoxy) is 3. The summed E-state index contributed by atoms with van der Waals surface area (Å²) >= 11 is 1.66. The summed E-state index contributed by atoms with van der Waals surface area (Å²) in [6, 6.07) is 11.5. The molecule has 3 heterocycles. The summed E-state index contributed by atoms with van der Waals surface area (Å²) in [4.78, 5) is 14.0. The molecule has 0 radical (unpaired) electrons. The van der Waals surface area contributed by atoms with Gasteiger partial charge in [0.25, 0.3) is 5.91 Å². The molecule has 2 aliphatic heterocycles. The first kappa shape index (κ1) is 15.5. The molecule has 1 unspecified atom stereocenters. The Kier molecular flexibility index (Phi) is 4.16. The van der Waals surface area contributed by atoms with Gasteiger partial charge in [0, 0.05) is 18.1 Å². The summed E-state index contributed by atoms with van der Waals surface area (Å²) in [7, 11) is 0.